The number of hydrogen-bond acceptors (Lipinski definition) is 3. The molecule has 1 heterocycles. The molecule has 1 aliphatic carbocycles. The highest BCUT2D eigenvalue weighted by Gasteiger charge is 2.32. The van der Waals surface area contributed by atoms with Crippen LogP contribution in [0.5, 0.6) is 0 Å². The van der Waals surface area contributed by atoms with Crippen LogP contribution in [-0.4, -0.2) is 23.0 Å². The fourth-order valence-corrected chi connectivity index (χ4v) is 2.97. The van der Waals surface area contributed by atoms with Gasteiger partial charge in [0.2, 0.25) is 0 Å². The smallest absolute Gasteiger partial charge is 0.259 e. The van der Waals surface area contributed by atoms with E-state index in [-0.39, 0.29) is 23.8 Å². The third-order valence-corrected chi connectivity index (χ3v) is 3.93. The van der Waals surface area contributed by atoms with E-state index in [1.165, 1.54) is 0 Å². The molecule has 2 N–H and O–H groups in total. The van der Waals surface area contributed by atoms with Crippen LogP contribution in [0.2, 0.25) is 0 Å². The summed E-state index contributed by atoms with van der Waals surface area (Å²) in [5.41, 5.74) is 2.00. The molecule has 2 aliphatic rings. The van der Waals surface area contributed by atoms with Crippen molar-refractivity contribution >= 4 is 11.8 Å². The number of imide groups is 1. The number of aliphatic hydroxyl groups excluding tert-OH is 1. The van der Waals surface area contributed by atoms with E-state index in [9.17, 15) is 14.7 Å². The zero-order chi connectivity index (χ0) is 12.7. The Labute approximate surface area is 105 Å². The number of nitrogens with one attached hydrogen (secondary N) is 1. The van der Waals surface area contributed by atoms with Crippen molar-refractivity contribution < 1.29 is 14.7 Å². The van der Waals surface area contributed by atoms with E-state index in [1.54, 1.807) is 6.07 Å². The molecule has 3 rings (SSSR count). The highest BCUT2D eigenvalue weighted by molar-refractivity contribution is 6.22. The second-order valence-corrected chi connectivity index (χ2v) is 5.06. The lowest BCUT2D eigenvalue weighted by Crippen LogP contribution is -2.21. The summed E-state index contributed by atoms with van der Waals surface area (Å²) < 4.78 is 0. The standard InChI is InChI=1S/C14H15NO3/c16-9-6-4-8(5-7-9)10-2-1-3-11-12(10)14(18)15-13(11)17/h1-3,8-9,16H,4-7H2,(H,15,17,18)/t8-,9-. The second-order valence-electron chi connectivity index (χ2n) is 5.06. The van der Waals surface area contributed by atoms with Crippen LogP contribution < -0.4 is 5.32 Å². The number of rotatable bonds is 1. The number of fused-ring (bicyclic) bond motifs is 1. The third-order valence-electron chi connectivity index (χ3n) is 3.93. The van der Waals surface area contributed by atoms with Crippen LogP contribution in [0.1, 0.15) is 57.9 Å². The van der Waals surface area contributed by atoms with Crippen molar-refractivity contribution in [3.63, 3.8) is 0 Å². The van der Waals surface area contributed by atoms with Gasteiger partial charge in [0.1, 0.15) is 0 Å². The summed E-state index contributed by atoms with van der Waals surface area (Å²) in [6, 6.07) is 5.45. The SMILES string of the molecule is O=C1NC(=O)c2c1cccc2[C@H]1CC[C@H](O)CC1. The van der Waals surface area contributed by atoms with Gasteiger partial charge in [-0.3, -0.25) is 14.9 Å². The molecule has 94 valence electrons. The zero-order valence-corrected chi connectivity index (χ0v) is 9.98. The van der Waals surface area contributed by atoms with Crippen LogP contribution >= 0.6 is 0 Å². The highest BCUT2D eigenvalue weighted by Crippen LogP contribution is 2.36. The Morgan fingerprint density at radius 2 is 1.78 bits per heavy atom. The molecule has 0 atom stereocenters. The summed E-state index contributed by atoms with van der Waals surface area (Å²) in [5, 5.41) is 11.9. The van der Waals surface area contributed by atoms with Crippen LogP contribution in [0.25, 0.3) is 0 Å². The summed E-state index contributed by atoms with van der Waals surface area (Å²) in [6.45, 7) is 0. The van der Waals surface area contributed by atoms with Crippen molar-refractivity contribution in [3.05, 3.63) is 34.9 Å². The van der Waals surface area contributed by atoms with E-state index in [0.29, 0.717) is 11.1 Å². The van der Waals surface area contributed by atoms with Gasteiger partial charge in [0.15, 0.2) is 0 Å². The Morgan fingerprint density at radius 3 is 2.50 bits per heavy atom. The van der Waals surface area contributed by atoms with E-state index in [4.69, 9.17) is 0 Å². The molecule has 0 radical (unpaired) electrons. The first kappa shape index (κ1) is 11.4. The van der Waals surface area contributed by atoms with Crippen molar-refractivity contribution in [2.75, 3.05) is 0 Å². The largest absolute Gasteiger partial charge is 0.393 e. The van der Waals surface area contributed by atoms with Gasteiger partial charge in [-0.25, -0.2) is 0 Å². The lowest BCUT2D eigenvalue weighted by atomic mass is 9.80. The second kappa shape index (κ2) is 4.21. The highest BCUT2D eigenvalue weighted by atomic mass is 16.3. The number of carbonyl (C=O) groups excluding carboxylic acids is 2. The monoisotopic (exact) mass is 245 g/mol. The third kappa shape index (κ3) is 1.73. The normalized spacial score (nSPS) is 26.9. The molecule has 4 nitrogen and oxygen atoms in total. The Hall–Kier alpha value is -1.68. The molecule has 1 fully saturated rings. The quantitative estimate of drug-likeness (QED) is 0.738. The van der Waals surface area contributed by atoms with Crippen LogP contribution in [0.4, 0.5) is 0 Å². The van der Waals surface area contributed by atoms with Gasteiger partial charge >= 0.3 is 0 Å². The van der Waals surface area contributed by atoms with Crippen molar-refractivity contribution in [3.8, 4) is 0 Å². The minimum atomic E-state index is -0.298. The van der Waals surface area contributed by atoms with Crippen molar-refractivity contribution in [2.24, 2.45) is 0 Å². The van der Waals surface area contributed by atoms with Gasteiger partial charge in [0, 0.05) is 0 Å². The maximum Gasteiger partial charge on any atom is 0.259 e. The van der Waals surface area contributed by atoms with E-state index in [2.05, 4.69) is 5.32 Å². The minimum absolute atomic E-state index is 0.214. The van der Waals surface area contributed by atoms with E-state index < -0.39 is 0 Å². The van der Waals surface area contributed by atoms with E-state index in [1.807, 2.05) is 12.1 Å². The average Bonchev–Trinajstić information content (AvgIpc) is 2.66. The maximum atomic E-state index is 11.8. The van der Waals surface area contributed by atoms with E-state index >= 15 is 0 Å². The first-order chi connectivity index (χ1) is 8.66. The van der Waals surface area contributed by atoms with Gasteiger partial charge in [-0.15, -0.1) is 0 Å². The Morgan fingerprint density at radius 1 is 1.06 bits per heavy atom. The molecule has 18 heavy (non-hydrogen) atoms. The molecule has 1 aromatic carbocycles. The molecule has 1 saturated carbocycles. The molecule has 0 unspecified atom stereocenters. The molecular weight excluding hydrogens is 230 g/mol. The first-order valence-electron chi connectivity index (χ1n) is 6.33. The molecule has 0 aromatic heterocycles. The number of aliphatic hydroxyl groups is 1. The summed E-state index contributed by atoms with van der Waals surface area (Å²) >= 11 is 0. The lowest BCUT2D eigenvalue weighted by molar-refractivity contribution is 0.0879. The average molecular weight is 245 g/mol. The molecule has 0 spiro atoms. The molecule has 0 bridgehead atoms. The Balaban J connectivity index is 1.99. The number of benzene rings is 1. The molecule has 2 amide bonds. The fourth-order valence-electron chi connectivity index (χ4n) is 2.97. The fraction of sp³-hybridized carbons (Fsp3) is 0.429. The van der Waals surface area contributed by atoms with Gasteiger partial charge in [-0.1, -0.05) is 12.1 Å². The minimum Gasteiger partial charge on any atom is -0.393 e. The van der Waals surface area contributed by atoms with Gasteiger partial charge in [0.05, 0.1) is 17.2 Å². The van der Waals surface area contributed by atoms with E-state index in [0.717, 1.165) is 31.2 Å². The Bertz CT molecular complexity index is 516. The summed E-state index contributed by atoms with van der Waals surface area (Å²) in [4.78, 5) is 23.4. The molecule has 4 heteroatoms. The van der Waals surface area contributed by atoms with Crippen molar-refractivity contribution in [1.82, 2.24) is 5.32 Å². The molecule has 0 saturated heterocycles. The molecule has 1 aliphatic heterocycles. The summed E-state index contributed by atoms with van der Waals surface area (Å²) in [6.07, 6.45) is 3.07. The molecule has 1 aromatic rings. The van der Waals surface area contributed by atoms with Gasteiger partial charge in [-0.05, 0) is 43.2 Å². The van der Waals surface area contributed by atoms with Gasteiger partial charge < -0.3 is 5.11 Å². The van der Waals surface area contributed by atoms with Crippen LogP contribution in [-0.2, 0) is 0 Å². The predicted octanol–water partition coefficient (Wildman–Crippen LogP) is 1.59. The van der Waals surface area contributed by atoms with Crippen molar-refractivity contribution in [1.29, 1.82) is 0 Å². The Kier molecular flexibility index (Phi) is 2.67. The van der Waals surface area contributed by atoms with Gasteiger partial charge in [-0.2, -0.15) is 0 Å². The predicted molar refractivity (Wildman–Crippen MR) is 65.5 cm³/mol. The first-order valence-corrected chi connectivity index (χ1v) is 6.33. The number of amides is 2. The number of carbonyl (C=O) groups is 2. The summed E-state index contributed by atoms with van der Waals surface area (Å²) in [7, 11) is 0. The topological polar surface area (TPSA) is 66.4 Å². The van der Waals surface area contributed by atoms with Crippen LogP contribution in [0.15, 0.2) is 18.2 Å². The van der Waals surface area contributed by atoms with Crippen LogP contribution in [0.3, 0.4) is 0 Å². The van der Waals surface area contributed by atoms with Crippen LogP contribution in [0, 0.1) is 0 Å². The molecular formula is C14H15NO3. The lowest BCUT2D eigenvalue weighted by Gasteiger charge is -2.26. The summed E-state index contributed by atoms with van der Waals surface area (Å²) in [5.74, 6) is -0.301. The zero-order valence-electron chi connectivity index (χ0n) is 9.98. The van der Waals surface area contributed by atoms with Gasteiger partial charge in [0.25, 0.3) is 11.8 Å². The number of hydrogen-bond donors (Lipinski definition) is 2. The van der Waals surface area contributed by atoms with Crippen molar-refractivity contribution in [2.45, 2.75) is 37.7 Å². The maximum absolute atomic E-state index is 11.8.